The van der Waals surface area contributed by atoms with Gasteiger partial charge in [-0.25, -0.2) is 4.39 Å². The quantitative estimate of drug-likeness (QED) is 0.519. The smallest absolute Gasteiger partial charge is 0.247 e. The number of amides is 1. The van der Waals surface area contributed by atoms with E-state index in [1.807, 2.05) is 30.3 Å². The summed E-state index contributed by atoms with van der Waals surface area (Å²) in [7, 11) is 0. The molecule has 2 aromatic carbocycles. The average Bonchev–Trinajstić information content (AvgIpc) is 3.14. The SMILES string of the molecule is CC(NC(=O)CCCc1nnc(-c2ccccc2)o1)c1cc(F)c(Cl)cc1Cl. The van der Waals surface area contributed by atoms with Gasteiger partial charge >= 0.3 is 0 Å². The second-order valence-electron chi connectivity index (χ2n) is 6.30. The van der Waals surface area contributed by atoms with Gasteiger partial charge < -0.3 is 9.73 Å². The number of carbonyl (C=O) groups excluding carboxylic acids is 1. The number of hydrogen-bond donors (Lipinski definition) is 1. The van der Waals surface area contributed by atoms with Gasteiger partial charge in [-0.1, -0.05) is 41.4 Å². The van der Waals surface area contributed by atoms with Gasteiger partial charge in [0.05, 0.1) is 11.1 Å². The van der Waals surface area contributed by atoms with E-state index in [0.717, 1.165) is 5.56 Å². The first-order chi connectivity index (χ1) is 13.4. The Morgan fingerprint density at radius 1 is 1.18 bits per heavy atom. The minimum Gasteiger partial charge on any atom is -0.421 e. The van der Waals surface area contributed by atoms with Crippen LogP contribution in [0.1, 0.15) is 37.3 Å². The molecule has 5 nitrogen and oxygen atoms in total. The maximum absolute atomic E-state index is 13.6. The van der Waals surface area contributed by atoms with Crippen LogP contribution in [0.25, 0.3) is 11.5 Å². The van der Waals surface area contributed by atoms with E-state index in [1.165, 1.54) is 12.1 Å². The molecule has 0 aliphatic carbocycles. The number of nitrogens with one attached hydrogen (secondary N) is 1. The van der Waals surface area contributed by atoms with Gasteiger partial charge in [0.2, 0.25) is 17.7 Å². The minimum atomic E-state index is -0.576. The number of nitrogens with zero attached hydrogens (tertiary/aromatic N) is 2. The third-order valence-corrected chi connectivity index (χ3v) is 4.78. The Labute approximate surface area is 171 Å². The third kappa shape index (κ3) is 5.09. The highest BCUT2D eigenvalue weighted by molar-refractivity contribution is 6.35. The van der Waals surface area contributed by atoms with Crippen molar-refractivity contribution in [1.29, 1.82) is 0 Å². The maximum Gasteiger partial charge on any atom is 0.247 e. The fraction of sp³-hybridized carbons (Fsp3) is 0.250. The maximum atomic E-state index is 13.6. The van der Waals surface area contributed by atoms with Crippen LogP contribution in [0.2, 0.25) is 10.0 Å². The summed E-state index contributed by atoms with van der Waals surface area (Å²) in [6.07, 6.45) is 1.29. The highest BCUT2D eigenvalue weighted by Crippen LogP contribution is 2.28. The molecule has 3 rings (SSSR count). The van der Waals surface area contributed by atoms with Crippen molar-refractivity contribution >= 4 is 29.1 Å². The van der Waals surface area contributed by atoms with Crippen LogP contribution in [0.4, 0.5) is 4.39 Å². The van der Waals surface area contributed by atoms with Crippen LogP contribution >= 0.6 is 23.2 Å². The van der Waals surface area contributed by atoms with Crippen LogP contribution in [0.5, 0.6) is 0 Å². The van der Waals surface area contributed by atoms with Gasteiger partial charge in [0.25, 0.3) is 0 Å². The first-order valence-electron chi connectivity index (χ1n) is 8.75. The lowest BCUT2D eigenvalue weighted by Crippen LogP contribution is -2.26. The number of benzene rings is 2. The van der Waals surface area contributed by atoms with Gasteiger partial charge in [-0.15, -0.1) is 10.2 Å². The summed E-state index contributed by atoms with van der Waals surface area (Å²) in [6, 6.07) is 11.6. The van der Waals surface area contributed by atoms with Gasteiger partial charge in [-0.05, 0) is 43.2 Å². The van der Waals surface area contributed by atoms with Crippen molar-refractivity contribution < 1.29 is 13.6 Å². The molecule has 28 heavy (non-hydrogen) atoms. The number of carbonyl (C=O) groups is 1. The minimum absolute atomic E-state index is 0.0540. The van der Waals surface area contributed by atoms with E-state index in [4.69, 9.17) is 27.6 Å². The van der Waals surface area contributed by atoms with E-state index < -0.39 is 11.9 Å². The second kappa shape index (κ2) is 9.17. The molecule has 8 heteroatoms. The Morgan fingerprint density at radius 2 is 1.93 bits per heavy atom. The zero-order chi connectivity index (χ0) is 20.1. The highest BCUT2D eigenvalue weighted by atomic mass is 35.5. The molecule has 3 aromatic rings. The molecule has 1 N–H and O–H groups in total. The van der Waals surface area contributed by atoms with E-state index in [0.29, 0.717) is 35.2 Å². The molecule has 0 radical (unpaired) electrons. The summed E-state index contributed by atoms with van der Waals surface area (Å²) in [4.78, 5) is 12.2. The Balaban J connectivity index is 1.50. The molecular weight excluding hydrogens is 404 g/mol. The van der Waals surface area contributed by atoms with Crippen LogP contribution in [-0.4, -0.2) is 16.1 Å². The summed E-state index contributed by atoms with van der Waals surface area (Å²) < 4.78 is 19.3. The van der Waals surface area contributed by atoms with Gasteiger partial charge in [0, 0.05) is 23.4 Å². The monoisotopic (exact) mass is 421 g/mol. The molecular formula is C20H18Cl2FN3O2. The summed E-state index contributed by atoms with van der Waals surface area (Å²) in [6.45, 7) is 1.73. The zero-order valence-corrected chi connectivity index (χ0v) is 16.6. The molecule has 0 saturated heterocycles. The Hall–Kier alpha value is -2.44. The van der Waals surface area contributed by atoms with Gasteiger partial charge in [0.1, 0.15) is 5.82 Å². The van der Waals surface area contributed by atoms with E-state index in [9.17, 15) is 9.18 Å². The predicted molar refractivity (Wildman–Crippen MR) is 106 cm³/mol. The Kier molecular flexibility index (Phi) is 6.65. The normalized spacial score (nSPS) is 12.0. The molecule has 0 spiro atoms. The van der Waals surface area contributed by atoms with Gasteiger partial charge in [-0.3, -0.25) is 4.79 Å². The topological polar surface area (TPSA) is 68.0 Å². The lowest BCUT2D eigenvalue weighted by atomic mass is 10.1. The highest BCUT2D eigenvalue weighted by Gasteiger charge is 2.16. The van der Waals surface area contributed by atoms with Gasteiger partial charge in [0.15, 0.2) is 0 Å². The molecule has 1 atom stereocenters. The fourth-order valence-electron chi connectivity index (χ4n) is 2.71. The molecule has 1 unspecified atom stereocenters. The molecule has 0 aliphatic rings. The Bertz CT molecular complexity index is 963. The summed E-state index contributed by atoms with van der Waals surface area (Å²) in [5, 5.41) is 11.1. The van der Waals surface area contributed by atoms with Crippen molar-refractivity contribution in [3.8, 4) is 11.5 Å². The average molecular weight is 422 g/mol. The van der Waals surface area contributed by atoms with Gasteiger partial charge in [-0.2, -0.15) is 0 Å². The van der Waals surface area contributed by atoms with E-state index in [1.54, 1.807) is 6.92 Å². The van der Waals surface area contributed by atoms with Crippen molar-refractivity contribution in [2.45, 2.75) is 32.2 Å². The van der Waals surface area contributed by atoms with Crippen LogP contribution in [-0.2, 0) is 11.2 Å². The molecule has 1 aromatic heterocycles. The summed E-state index contributed by atoms with van der Waals surface area (Å²) >= 11 is 11.8. The molecule has 1 heterocycles. The molecule has 146 valence electrons. The van der Waals surface area contributed by atoms with Crippen LogP contribution in [0, 0.1) is 5.82 Å². The predicted octanol–water partition coefficient (Wildman–Crippen LogP) is 5.38. The molecule has 1 amide bonds. The lowest BCUT2D eigenvalue weighted by molar-refractivity contribution is -0.121. The standard InChI is InChI=1S/C20H18Cl2FN3O2/c1-12(14-10-17(23)16(22)11-15(14)21)24-18(27)8-5-9-19-25-26-20(28-19)13-6-3-2-4-7-13/h2-4,6-7,10-12H,5,8-9H2,1H3,(H,24,27). The fourth-order valence-corrected chi connectivity index (χ4v) is 3.26. The van der Waals surface area contributed by atoms with Crippen LogP contribution in [0.3, 0.4) is 0 Å². The van der Waals surface area contributed by atoms with E-state index >= 15 is 0 Å². The molecule has 0 fully saturated rings. The van der Waals surface area contributed by atoms with Crippen molar-refractivity contribution in [3.63, 3.8) is 0 Å². The number of hydrogen-bond acceptors (Lipinski definition) is 4. The second-order valence-corrected chi connectivity index (χ2v) is 7.11. The third-order valence-electron chi connectivity index (χ3n) is 4.17. The zero-order valence-electron chi connectivity index (χ0n) is 15.1. The van der Waals surface area contributed by atoms with Crippen LogP contribution in [0.15, 0.2) is 46.9 Å². The number of aromatic nitrogens is 2. The first kappa shape index (κ1) is 20.3. The Morgan fingerprint density at radius 3 is 2.68 bits per heavy atom. The van der Waals surface area contributed by atoms with Crippen molar-refractivity contribution in [2.75, 3.05) is 0 Å². The van der Waals surface area contributed by atoms with Crippen molar-refractivity contribution in [1.82, 2.24) is 15.5 Å². The summed E-state index contributed by atoms with van der Waals surface area (Å²) in [5.74, 6) is 0.171. The van der Waals surface area contributed by atoms with Crippen LogP contribution < -0.4 is 5.32 Å². The number of rotatable bonds is 7. The number of halogens is 3. The molecule has 0 aliphatic heterocycles. The summed E-state index contributed by atoms with van der Waals surface area (Å²) in [5.41, 5.74) is 1.32. The number of aryl methyl sites for hydroxylation is 1. The molecule has 0 bridgehead atoms. The van der Waals surface area contributed by atoms with Crippen molar-refractivity contribution in [3.05, 3.63) is 69.8 Å². The first-order valence-corrected chi connectivity index (χ1v) is 9.51. The van der Waals surface area contributed by atoms with E-state index in [2.05, 4.69) is 15.5 Å². The van der Waals surface area contributed by atoms with Crippen molar-refractivity contribution in [2.24, 2.45) is 0 Å². The lowest BCUT2D eigenvalue weighted by Gasteiger charge is -2.16. The van der Waals surface area contributed by atoms with E-state index in [-0.39, 0.29) is 17.4 Å². The molecule has 0 saturated carbocycles. The largest absolute Gasteiger partial charge is 0.421 e.